The molecule has 3 nitrogen and oxygen atoms in total. The van der Waals surface area contributed by atoms with Crippen molar-refractivity contribution < 1.29 is 9.18 Å². The second-order valence-electron chi connectivity index (χ2n) is 6.10. The summed E-state index contributed by atoms with van der Waals surface area (Å²) < 4.78 is 14.0. The lowest BCUT2D eigenvalue weighted by Crippen LogP contribution is -2.46. The van der Waals surface area contributed by atoms with E-state index in [9.17, 15) is 9.18 Å². The first kappa shape index (κ1) is 14.8. The molecule has 114 valence electrons. The first-order valence-electron chi connectivity index (χ1n) is 7.54. The second kappa shape index (κ2) is 5.93. The normalized spacial score (nSPS) is 25.1. The van der Waals surface area contributed by atoms with Crippen LogP contribution >= 0.6 is 11.6 Å². The molecule has 5 heteroatoms. The number of carbonyl (C=O) groups excluding carboxylic acids is 1. The van der Waals surface area contributed by atoms with E-state index in [-0.39, 0.29) is 30.4 Å². The van der Waals surface area contributed by atoms with Crippen LogP contribution in [-0.4, -0.2) is 29.4 Å². The Labute approximate surface area is 129 Å². The third kappa shape index (κ3) is 3.06. The maximum atomic E-state index is 14.0. The maximum Gasteiger partial charge on any atom is 0.240 e. The number of hydrogen-bond acceptors (Lipinski definition) is 2. The topological polar surface area (TPSA) is 32.3 Å². The minimum absolute atomic E-state index is 0.0850. The fourth-order valence-electron chi connectivity index (χ4n) is 2.97. The van der Waals surface area contributed by atoms with Crippen molar-refractivity contribution in [2.45, 2.75) is 44.8 Å². The quantitative estimate of drug-likeness (QED) is 0.927. The molecule has 1 heterocycles. The summed E-state index contributed by atoms with van der Waals surface area (Å²) in [6, 6.07) is 4.75. The summed E-state index contributed by atoms with van der Waals surface area (Å²) in [6.07, 6.45) is 3.01. The standard InChI is InChI=1S/C16H20ClFN2O/c1-10-7-8-19-15(10)16(21)20(11-5-6-11)9-12-13(17)3-2-4-14(12)18/h2-4,10-11,15,19H,5-9H2,1H3. The molecule has 2 atom stereocenters. The van der Waals surface area contributed by atoms with Gasteiger partial charge in [-0.05, 0) is 43.9 Å². The van der Waals surface area contributed by atoms with Crippen molar-refractivity contribution in [2.75, 3.05) is 6.54 Å². The number of benzene rings is 1. The van der Waals surface area contributed by atoms with E-state index in [0.717, 1.165) is 25.8 Å². The highest BCUT2D eigenvalue weighted by atomic mass is 35.5. The predicted molar refractivity (Wildman–Crippen MR) is 80.6 cm³/mol. The summed E-state index contributed by atoms with van der Waals surface area (Å²) in [5.41, 5.74) is 0.421. The molecular formula is C16H20ClFN2O. The Morgan fingerprint density at radius 2 is 2.19 bits per heavy atom. The molecule has 1 amide bonds. The van der Waals surface area contributed by atoms with Crippen LogP contribution in [0.2, 0.25) is 5.02 Å². The molecule has 0 radical (unpaired) electrons. The van der Waals surface area contributed by atoms with Crippen molar-refractivity contribution in [3.63, 3.8) is 0 Å². The Morgan fingerprint density at radius 1 is 1.43 bits per heavy atom. The van der Waals surface area contributed by atoms with Crippen LogP contribution in [0, 0.1) is 11.7 Å². The molecule has 1 aromatic rings. The molecule has 0 aromatic heterocycles. The van der Waals surface area contributed by atoms with Gasteiger partial charge in [0.2, 0.25) is 5.91 Å². The lowest BCUT2D eigenvalue weighted by atomic mass is 10.0. The van der Waals surface area contributed by atoms with E-state index in [2.05, 4.69) is 12.2 Å². The van der Waals surface area contributed by atoms with Gasteiger partial charge < -0.3 is 10.2 Å². The van der Waals surface area contributed by atoms with Crippen molar-refractivity contribution in [3.05, 3.63) is 34.6 Å². The lowest BCUT2D eigenvalue weighted by molar-refractivity contribution is -0.135. The minimum Gasteiger partial charge on any atom is -0.334 e. The van der Waals surface area contributed by atoms with Crippen LogP contribution in [0.15, 0.2) is 18.2 Å². The van der Waals surface area contributed by atoms with Crippen LogP contribution in [0.3, 0.4) is 0 Å². The Bertz CT molecular complexity index is 527. The molecule has 1 N–H and O–H groups in total. The van der Waals surface area contributed by atoms with Gasteiger partial charge in [0.25, 0.3) is 0 Å². The molecule has 1 aliphatic heterocycles. The molecule has 1 saturated carbocycles. The Kier molecular flexibility index (Phi) is 4.18. The summed E-state index contributed by atoms with van der Waals surface area (Å²) in [6.45, 7) is 3.22. The zero-order valence-electron chi connectivity index (χ0n) is 12.1. The van der Waals surface area contributed by atoms with E-state index in [1.807, 2.05) is 4.90 Å². The number of amides is 1. The minimum atomic E-state index is -0.339. The first-order chi connectivity index (χ1) is 10.1. The highest BCUT2D eigenvalue weighted by Gasteiger charge is 2.39. The number of nitrogens with zero attached hydrogens (tertiary/aromatic N) is 1. The molecule has 1 saturated heterocycles. The highest BCUT2D eigenvalue weighted by molar-refractivity contribution is 6.31. The number of hydrogen-bond donors (Lipinski definition) is 1. The van der Waals surface area contributed by atoms with Gasteiger partial charge >= 0.3 is 0 Å². The fraction of sp³-hybridized carbons (Fsp3) is 0.562. The SMILES string of the molecule is CC1CCNC1C(=O)N(Cc1c(F)cccc1Cl)C1CC1. The van der Waals surface area contributed by atoms with Crippen molar-refractivity contribution in [1.82, 2.24) is 10.2 Å². The second-order valence-corrected chi connectivity index (χ2v) is 6.50. The van der Waals surface area contributed by atoms with Gasteiger partial charge in [-0.1, -0.05) is 24.6 Å². The van der Waals surface area contributed by atoms with E-state index in [4.69, 9.17) is 11.6 Å². The van der Waals surface area contributed by atoms with Crippen molar-refractivity contribution >= 4 is 17.5 Å². The summed E-state index contributed by atoms with van der Waals surface area (Å²) in [4.78, 5) is 14.6. The van der Waals surface area contributed by atoms with Gasteiger partial charge in [-0.2, -0.15) is 0 Å². The van der Waals surface area contributed by atoms with Crippen LogP contribution in [0.1, 0.15) is 31.7 Å². The molecular weight excluding hydrogens is 291 g/mol. The van der Waals surface area contributed by atoms with Gasteiger partial charge in [-0.3, -0.25) is 4.79 Å². The van der Waals surface area contributed by atoms with Gasteiger partial charge in [-0.25, -0.2) is 4.39 Å². The zero-order valence-corrected chi connectivity index (χ0v) is 12.9. The highest BCUT2D eigenvalue weighted by Crippen LogP contribution is 2.32. The molecule has 3 rings (SSSR count). The summed E-state index contributed by atoms with van der Waals surface area (Å²) in [5.74, 6) is 0.0741. The maximum absolute atomic E-state index is 14.0. The first-order valence-corrected chi connectivity index (χ1v) is 7.92. The van der Waals surface area contributed by atoms with Crippen LogP contribution < -0.4 is 5.32 Å². The van der Waals surface area contributed by atoms with Crippen LogP contribution in [0.5, 0.6) is 0 Å². The van der Waals surface area contributed by atoms with Crippen LogP contribution in [0.25, 0.3) is 0 Å². The lowest BCUT2D eigenvalue weighted by Gasteiger charge is -2.28. The van der Waals surface area contributed by atoms with E-state index < -0.39 is 0 Å². The summed E-state index contributed by atoms with van der Waals surface area (Å²) in [7, 11) is 0. The summed E-state index contributed by atoms with van der Waals surface area (Å²) in [5, 5.41) is 3.66. The van der Waals surface area contributed by atoms with E-state index >= 15 is 0 Å². The van der Waals surface area contributed by atoms with E-state index in [0.29, 0.717) is 16.5 Å². The Hall–Kier alpha value is -1.13. The van der Waals surface area contributed by atoms with Crippen LogP contribution in [0.4, 0.5) is 4.39 Å². The number of halogens is 2. The van der Waals surface area contributed by atoms with Gasteiger partial charge in [0.1, 0.15) is 5.82 Å². The number of nitrogens with one attached hydrogen (secondary N) is 1. The molecule has 0 bridgehead atoms. The zero-order chi connectivity index (χ0) is 15.0. The molecule has 2 fully saturated rings. The number of carbonyl (C=O) groups is 1. The average Bonchev–Trinajstić information content (AvgIpc) is 3.19. The largest absolute Gasteiger partial charge is 0.334 e. The molecule has 21 heavy (non-hydrogen) atoms. The molecule has 2 unspecified atom stereocenters. The molecule has 0 spiro atoms. The molecule has 2 aliphatic rings. The molecule has 1 aliphatic carbocycles. The Morgan fingerprint density at radius 3 is 2.76 bits per heavy atom. The van der Waals surface area contributed by atoms with Gasteiger partial charge in [0, 0.05) is 16.6 Å². The third-order valence-corrected chi connectivity index (χ3v) is 4.81. The monoisotopic (exact) mass is 310 g/mol. The van der Waals surface area contributed by atoms with E-state index in [1.165, 1.54) is 6.07 Å². The van der Waals surface area contributed by atoms with Crippen molar-refractivity contribution in [2.24, 2.45) is 5.92 Å². The molecule has 1 aromatic carbocycles. The summed E-state index contributed by atoms with van der Waals surface area (Å²) >= 11 is 6.10. The predicted octanol–water partition coefficient (Wildman–Crippen LogP) is 2.97. The smallest absolute Gasteiger partial charge is 0.240 e. The van der Waals surface area contributed by atoms with Gasteiger partial charge in [0.05, 0.1) is 12.6 Å². The third-order valence-electron chi connectivity index (χ3n) is 4.46. The van der Waals surface area contributed by atoms with Crippen LogP contribution in [-0.2, 0) is 11.3 Å². The number of rotatable bonds is 4. The fourth-order valence-corrected chi connectivity index (χ4v) is 3.19. The average molecular weight is 311 g/mol. The van der Waals surface area contributed by atoms with Crippen molar-refractivity contribution in [1.29, 1.82) is 0 Å². The Balaban J connectivity index is 1.80. The van der Waals surface area contributed by atoms with E-state index in [1.54, 1.807) is 12.1 Å². The van der Waals surface area contributed by atoms with Gasteiger partial charge in [-0.15, -0.1) is 0 Å². The van der Waals surface area contributed by atoms with Crippen molar-refractivity contribution in [3.8, 4) is 0 Å². The van der Waals surface area contributed by atoms with Gasteiger partial charge in [0.15, 0.2) is 0 Å².